The Balaban J connectivity index is 1.72. The normalized spacial score (nSPS) is 18.1. The molecule has 1 aliphatic rings. The van der Waals surface area contributed by atoms with Crippen LogP contribution in [0.3, 0.4) is 0 Å². The summed E-state index contributed by atoms with van der Waals surface area (Å²) in [5.74, 6) is 1.64. The van der Waals surface area contributed by atoms with Crippen molar-refractivity contribution in [3.63, 3.8) is 0 Å². The first-order chi connectivity index (χ1) is 9.85. The molecule has 5 heteroatoms. The second-order valence-electron chi connectivity index (χ2n) is 4.71. The second kappa shape index (κ2) is 6.13. The summed E-state index contributed by atoms with van der Waals surface area (Å²) in [6.45, 7) is 0. The molecule has 0 unspecified atom stereocenters. The molecular formula is C15H17N3OS. The van der Waals surface area contributed by atoms with Crippen LogP contribution in [0.1, 0.15) is 19.3 Å². The van der Waals surface area contributed by atoms with Crippen LogP contribution in [0, 0.1) is 0 Å². The standard InChI is InChI=1S/C15H17N3OS/c1-19-12-9-7-11(8-10-12)14-16-15(18-17-14)20-13-5-3-2-4-6-13/h3,5,7-10,13H,2,4,6H2,1H3,(H,16,17,18)/t13-/m0/s1. The summed E-state index contributed by atoms with van der Waals surface area (Å²) in [5.41, 5.74) is 1.02. The minimum Gasteiger partial charge on any atom is -0.497 e. The van der Waals surface area contributed by atoms with Crippen molar-refractivity contribution in [3.05, 3.63) is 36.4 Å². The Bertz CT molecular complexity index is 591. The molecule has 0 aliphatic heterocycles. The van der Waals surface area contributed by atoms with Gasteiger partial charge in [-0.25, -0.2) is 4.98 Å². The number of benzene rings is 1. The van der Waals surface area contributed by atoms with E-state index in [9.17, 15) is 0 Å². The number of rotatable bonds is 4. The van der Waals surface area contributed by atoms with Crippen molar-refractivity contribution < 1.29 is 4.74 Å². The van der Waals surface area contributed by atoms with Gasteiger partial charge in [-0.3, -0.25) is 5.10 Å². The van der Waals surface area contributed by atoms with Crippen LogP contribution in [-0.2, 0) is 0 Å². The lowest BCUT2D eigenvalue weighted by molar-refractivity contribution is 0.415. The van der Waals surface area contributed by atoms with E-state index in [2.05, 4.69) is 27.3 Å². The van der Waals surface area contributed by atoms with Gasteiger partial charge < -0.3 is 4.74 Å². The molecule has 1 N–H and O–H groups in total. The number of ether oxygens (including phenoxy) is 1. The molecule has 0 saturated heterocycles. The molecule has 104 valence electrons. The van der Waals surface area contributed by atoms with Crippen molar-refractivity contribution in [2.24, 2.45) is 0 Å². The van der Waals surface area contributed by atoms with E-state index in [1.165, 1.54) is 19.3 Å². The van der Waals surface area contributed by atoms with Gasteiger partial charge in [-0.15, -0.1) is 5.10 Å². The summed E-state index contributed by atoms with van der Waals surface area (Å²) in [7, 11) is 1.66. The molecule has 3 rings (SSSR count). The predicted molar refractivity (Wildman–Crippen MR) is 81.0 cm³/mol. The number of hydrogen-bond acceptors (Lipinski definition) is 4. The lowest BCUT2D eigenvalue weighted by Crippen LogP contribution is -2.02. The first kappa shape index (κ1) is 13.2. The third kappa shape index (κ3) is 3.04. The number of aromatic amines is 1. The third-order valence-electron chi connectivity index (χ3n) is 3.30. The average Bonchev–Trinajstić information content (AvgIpc) is 2.97. The van der Waals surface area contributed by atoms with Crippen LogP contribution < -0.4 is 4.74 Å². The van der Waals surface area contributed by atoms with Gasteiger partial charge in [0.2, 0.25) is 5.16 Å². The second-order valence-corrected chi connectivity index (χ2v) is 5.92. The monoisotopic (exact) mass is 287 g/mol. The Morgan fingerprint density at radius 3 is 2.85 bits per heavy atom. The van der Waals surface area contributed by atoms with Crippen molar-refractivity contribution in [2.75, 3.05) is 7.11 Å². The van der Waals surface area contributed by atoms with E-state index < -0.39 is 0 Å². The summed E-state index contributed by atoms with van der Waals surface area (Å²) < 4.78 is 5.15. The third-order valence-corrected chi connectivity index (χ3v) is 4.38. The molecule has 20 heavy (non-hydrogen) atoms. The van der Waals surface area contributed by atoms with Gasteiger partial charge in [0.15, 0.2) is 5.82 Å². The van der Waals surface area contributed by atoms with Crippen LogP contribution in [0.5, 0.6) is 5.75 Å². The minimum absolute atomic E-state index is 0.503. The molecule has 0 bridgehead atoms. The van der Waals surface area contributed by atoms with E-state index in [1.807, 2.05) is 24.3 Å². The Morgan fingerprint density at radius 1 is 1.30 bits per heavy atom. The molecular weight excluding hydrogens is 270 g/mol. The summed E-state index contributed by atoms with van der Waals surface area (Å²) in [6.07, 6.45) is 8.16. The maximum atomic E-state index is 5.15. The fourth-order valence-corrected chi connectivity index (χ4v) is 3.18. The highest BCUT2D eigenvalue weighted by atomic mass is 32.2. The van der Waals surface area contributed by atoms with Crippen LogP contribution in [-0.4, -0.2) is 27.5 Å². The number of allylic oxidation sites excluding steroid dienone is 1. The van der Waals surface area contributed by atoms with Crippen molar-refractivity contribution in [1.82, 2.24) is 15.2 Å². The highest BCUT2D eigenvalue weighted by Crippen LogP contribution is 2.29. The van der Waals surface area contributed by atoms with Crippen molar-refractivity contribution in [1.29, 1.82) is 0 Å². The molecule has 1 atom stereocenters. The smallest absolute Gasteiger partial charge is 0.209 e. The first-order valence-electron chi connectivity index (χ1n) is 6.75. The van der Waals surface area contributed by atoms with Gasteiger partial charge in [0, 0.05) is 10.8 Å². The number of nitrogens with one attached hydrogen (secondary N) is 1. The van der Waals surface area contributed by atoms with Crippen molar-refractivity contribution in [2.45, 2.75) is 29.7 Å². The number of methoxy groups -OCH3 is 1. The maximum absolute atomic E-state index is 5.15. The quantitative estimate of drug-likeness (QED) is 0.871. The molecule has 4 nitrogen and oxygen atoms in total. The largest absolute Gasteiger partial charge is 0.497 e. The van der Waals surface area contributed by atoms with E-state index in [0.29, 0.717) is 5.25 Å². The lowest BCUT2D eigenvalue weighted by Gasteiger charge is -2.12. The van der Waals surface area contributed by atoms with Gasteiger partial charge in [0.1, 0.15) is 5.75 Å². The molecule has 0 radical (unpaired) electrons. The van der Waals surface area contributed by atoms with Crippen LogP contribution in [0.25, 0.3) is 11.4 Å². The molecule has 1 aliphatic carbocycles. The fourth-order valence-electron chi connectivity index (χ4n) is 2.19. The number of nitrogens with zero attached hydrogens (tertiary/aromatic N) is 2. The van der Waals surface area contributed by atoms with Gasteiger partial charge in [0.25, 0.3) is 0 Å². The van der Waals surface area contributed by atoms with E-state index in [4.69, 9.17) is 4.74 Å². The zero-order valence-electron chi connectivity index (χ0n) is 11.4. The molecule has 2 aromatic rings. The summed E-state index contributed by atoms with van der Waals surface area (Å²) >= 11 is 1.72. The number of aromatic nitrogens is 3. The predicted octanol–water partition coefficient (Wildman–Crippen LogP) is 3.68. The lowest BCUT2D eigenvalue weighted by atomic mass is 10.1. The first-order valence-corrected chi connectivity index (χ1v) is 7.63. The van der Waals surface area contributed by atoms with Gasteiger partial charge in [0.05, 0.1) is 7.11 Å². The molecule has 1 aromatic carbocycles. The van der Waals surface area contributed by atoms with Crippen molar-refractivity contribution >= 4 is 11.8 Å². The summed E-state index contributed by atoms with van der Waals surface area (Å²) in [6, 6.07) is 7.81. The Kier molecular flexibility index (Phi) is 4.06. The molecule has 0 fully saturated rings. The summed E-state index contributed by atoms with van der Waals surface area (Å²) in [5, 5.41) is 8.61. The van der Waals surface area contributed by atoms with Crippen LogP contribution in [0.4, 0.5) is 0 Å². The summed E-state index contributed by atoms with van der Waals surface area (Å²) in [4.78, 5) is 4.55. The fraction of sp³-hybridized carbons (Fsp3) is 0.333. The number of thioether (sulfide) groups is 1. The van der Waals surface area contributed by atoms with E-state index in [0.717, 1.165) is 22.3 Å². The minimum atomic E-state index is 0.503. The number of hydrogen-bond donors (Lipinski definition) is 1. The zero-order chi connectivity index (χ0) is 13.8. The molecule has 0 saturated carbocycles. The SMILES string of the molecule is COc1ccc(-c2nc(S[C@H]3C=CCCC3)n[nH]2)cc1. The van der Waals surface area contributed by atoms with Gasteiger partial charge in [-0.05, 0) is 43.5 Å². The van der Waals surface area contributed by atoms with Crippen LogP contribution >= 0.6 is 11.8 Å². The maximum Gasteiger partial charge on any atom is 0.209 e. The topological polar surface area (TPSA) is 50.8 Å². The Labute approximate surface area is 122 Å². The highest BCUT2D eigenvalue weighted by molar-refractivity contribution is 7.99. The average molecular weight is 287 g/mol. The van der Waals surface area contributed by atoms with E-state index in [1.54, 1.807) is 18.9 Å². The van der Waals surface area contributed by atoms with Gasteiger partial charge >= 0.3 is 0 Å². The molecule has 0 amide bonds. The number of H-pyrrole nitrogens is 1. The molecule has 0 spiro atoms. The Morgan fingerprint density at radius 2 is 2.15 bits per heavy atom. The Hall–Kier alpha value is -1.75. The van der Waals surface area contributed by atoms with E-state index in [-0.39, 0.29) is 0 Å². The van der Waals surface area contributed by atoms with Crippen LogP contribution in [0.2, 0.25) is 0 Å². The van der Waals surface area contributed by atoms with Crippen LogP contribution in [0.15, 0.2) is 41.6 Å². The van der Waals surface area contributed by atoms with Gasteiger partial charge in [-0.1, -0.05) is 23.9 Å². The highest BCUT2D eigenvalue weighted by Gasteiger charge is 2.13. The van der Waals surface area contributed by atoms with Gasteiger partial charge in [-0.2, -0.15) is 0 Å². The molecule has 1 heterocycles. The van der Waals surface area contributed by atoms with Crippen molar-refractivity contribution in [3.8, 4) is 17.1 Å². The molecule has 1 aromatic heterocycles. The zero-order valence-corrected chi connectivity index (χ0v) is 12.2. The van der Waals surface area contributed by atoms with E-state index >= 15 is 0 Å².